The molecule has 4 rings (SSSR count). The molecule has 2 aliphatic heterocycles. The van der Waals surface area contributed by atoms with Crippen molar-refractivity contribution in [2.45, 2.75) is 69.7 Å². The van der Waals surface area contributed by atoms with Gasteiger partial charge in [0.25, 0.3) is 0 Å². The van der Waals surface area contributed by atoms with Gasteiger partial charge in [0.1, 0.15) is 12.4 Å². The fourth-order valence-electron chi connectivity index (χ4n) is 3.73. The second-order valence-electron chi connectivity index (χ2n) is 7.78. The molecule has 3 fully saturated rings. The summed E-state index contributed by atoms with van der Waals surface area (Å²) in [7, 11) is 1.99. The average Bonchev–Trinajstić information content (AvgIpc) is 3.40. The number of nitrogens with one attached hydrogen (secondary N) is 2. The van der Waals surface area contributed by atoms with Gasteiger partial charge < -0.3 is 19.9 Å². The first-order chi connectivity index (χ1) is 12.6. The molecule has 1 unspecified atom stereocenters. The molecule has 0 radical (unpaired) electrons. The first kappa shape index (κ1) is 18.1. The van der Waals surface area contributed by atoms with E-state index in [-0.39, 0.29) is 5.60 Å². The second-order valence-corrected chi connectivity index (χ2v) is 9.01. The van der Waals surface area contributed by atoms with Crippen molar-refractivity contribution in [3.8, 4) is 0 Å². The van der Waals surface area contributed by atoms with E-state index >= 15 is 0 Å². The van der Waals surface area contributed by atoms with Crippen LogP contribution in [0.3, 0.4) is 0 Å². The van der Waals surface area contributed by atoms with Crippen LogP contribution in [0.15, 0.2) is 4.99 Å². The van der Waals surface area contributed by atoms with E-state index in [1.807, 2.05) is 18.5 Å². The Morgan fingerprint density at radius 3 is 2.69 bits per heavy atom. The van der Waals surface area contributed by atoms with Crippen molar-refractivity contribution >= 4 is 17.7 Å². The molecule has 7 nitrogen and oxygen atoms in total. The minimum atomic E-state index is 0.0898. The lowest BCUT2D eigenvalue weighted by Gasteiger charge is -2.43. The smallest absolute Gasteiger partial charge is 0.192 e. The van der Waals surface area contributed by atoms with Gasteiger partial charge in [0, 0.05) is 25.7 Å². The number of guanidine groups is 1. The highest BCUT2D eigenvalue weighted by molar-refractivity contribution is 7.99. The Hall–Kier alpha value is -1.28. The summed E-state index contributed by atoms with van der Waals surface area (Å²) in [5.41, 5.74) is 0.0898. The summed E-state index contributed by atoms with van der Waals surface area (Å²) in [5.74, 6) is 5.17. The zero-order valence-corrected chi connectivity index (χ0v) is 16.6. The Balaban J connectivity index is 1.41. The average molecular weight is 379 g/mol. The van der Waals surface area contributed by atoms with Gasteiger partial charge >= 0.3 is 0 Å². The molecule has 8 heteroatoms. The summed E-state index contributed by atoms with van der Waals surface area (Å²) in [6.07, 6.45) is 6.95. The number of hydrogen-bond donors (Lipinski definition) is 2. The highest BCUT2D eigenvalue weighted by atomic mass is 32.2. The third-order valence-corrected chi connectivity index (χ3v) is 6.70. The molecule has 2 N–H and O–H groups in total. The standard InChI is InChI=1S/C18H30N6OS/c1-13-22-23-16(24(13)2)12-19-17(20-14-3-4-14)21-15-5-8-25-18(11-15)6-9-26-10-7-18/h14-15H,3-12H2,1-2H3,(H2,19,20,21). The van der Waals surface area contributed by atoms with Gasteiger partial charge in [-0.05, 0) is 57.0 Å². The first-order valence-corrected chi connectivity index (χ1v) is 10.9. The van der Waals surface area contributed by atoms with Crippen molar-refractivity contribution in [3.63, 3.8) is 0 Å². The Bertz CT molecular complexity index is 645. The highest BCUT2D eigenvalue weighted by Crippen LogP contribution is 2.37. The van der Waals surface area contributed by atoms with Crippen LogP contribution in [0.4, 0.5) is 0 Å². The van der Waals surface area contributed by atoms with E-state index in [1.54, 1.807) is 0 Å². The number of nitrogens with zero attached hydrogens (tertiary/aromatic N) is 4. The van der Waals surface area contributed by atoms with Gasteiger partial charge in [0.05, 0.1) is 5.60 Å². The number of aliphatic imine (C=N–C) groups is 1. The summed E-state index contributed by atoms with van der Waals surface area (Å²) in [5, 5.41) is 15.6. The molecular weight excluding hydrogens is 348 g/mol. The fourth-order valence-corrected chi connectivity index (χ4v) is 4.97. The number of ether oxygens (including phenoxy) is 1. The maximum Gasteiger partial charge on any atom is 0.192 e. The van der Waals surface area contributed by atoms with Crippen LogP contribution in [0, 0.1) is 6.92 Å². The molecule has 3 aliphatic rings. The highest BCUT2D eigenvalue weighted by Gasteiger charge is 2.39. The van der Waals surface area contributed by atoms with Gasteiger partial charge in [0.2, 0.25) is 0 Å². The SMILES string of the molecule is Cc1nnc(CN=C(NC2CC2)NC2CCOC3(CCSCC3)C2)n1C. The van der Waals surface area contributed by atoms with Crippen LogP contribution in [0.5, 0.6) is 0 Å². The number of hydrogen-bond acceptors (Lipinski definition) is 5. The molecule has 144 valence electrons. The van der Waals surface area contributed by atoms with E-state index in [0.717, 1.165) is 37.1 Å². The van der Waals surface area contributed by atoms with Crippen LogP contribution in [0.2, 0.25) is 0 Å². The van der Waals surface area contributed by atoms with Crippen molar-refractivity contribution in [2.24, 2.45) is 12.0 Å². The van der Waals surface area contributed by atoms with Crippen LogP contribution in [0.25, 0.3) is 0 Å². The summed E-state index contributed by atoms with van der Waals surface area (Å²) < 4.78 is 8.23. The monoisotopic (exact) mass is 378 g/mol. The lowest BCUT2D eigenvalue weighted by atomic mass is 9.85. The molecule has 1 atom stereocenters. The quantitative estimate of drug-likeness (QED) is 0.614. The number of aromatic nitrogens is 3. The molecule has 26 heavy (non-hydrogen) atoms. The largest absolute Gasteiger partial charge is 0.375 e. The van der Waals surface area contributed by atoms with E-state index in [4.69, 9.17) is 9.73 Å². The van der Waals surface area contributed by atoms with Gasteiger partial charge in [-0.3, -0.25) is 0 Å². The maximum atomic E-state index is 6.22. The molecule has 0 aromatic carbocycles. The number of aryl methyl sites for hydroxylation is 1. The van der Waals surface area contributed by atoms with Crippen molar-refractivity contribution < 1.29 is 4.74 Å². The molecule has 1 aliphatic carbocycles. The zero-order valence-electron chi connectivity index (χ0n) is 15.8. The van der Waals surface area contributed by atoms with Gasteiger partial charge in [-0.25, -0.2) is 4.99 Å². The topological polar surface area (TPSA) is 76.4 Å². The minimum Gasteiger partial charge on any atom is -0.375 e. The van der Waals surface area contributed by atoms with E-state index in [2.05, 4.69) is 32.6 Å². The third kappa shape index (κ3) is 4.34. The van der Waals surface area contributed by atoms with Crippen molar-refractivity contribution in [1.29, 1.82) is 0 Å². The second kappa shape index (κ2) is 7.76. The molecular formula is C18H30N6OS. The normalized spacial score (nSPS) is 26.1. The predicted octanol–water partition coefficient (Wildman–Crippen LogP) is 1.77. The van der Waals surface area contributed by atoms with Gasteiger partial charge in [-0.2, -0.15) is 11.8 Å². The van der Waals surface area contributed by atoms with Crippen molar-refractivity contribution in [3.05, 3.63) is 11.6 Å². The van der Waals surface area contributed by atoms with Crippen LogP contribution in [-0.4, -0.2) is 56.5 Å². The molecule has 3 heterocycles. The van der Waals surface area contributed by atoms with Crippen LogP contribution in [0.1, 0.15) is 50.2 Å². The van der Waals surface area contributed by atoms with Crippen molar-refractivity contribution in [1.82, 2.24) is 25.4 Å². The Morgan fingerprint density at radius 1 is 1.23 bits per heavy atom. The van der Waals surface area contributed by atoms with Crippen LogP contribution < -0.4 is 10.6 Å². The molecule has 1 aromatic rings. The lowest BCUT2D eigenvalue weighted by Crippen LogP contribution is -2.52. The first-order valence-electron chi connectivity index (χ1n) is 9.78. The van der Waals surface area contributed by atoms with Gasteiger partial charge in [-0.15, -0.1) is 10.2 Å². The molecule has 1 aromatic heterocycles. The molecule has 2 saturated heterocycles. The summed E-state index contributed by atoms with van der Waals surface area (Å²) in [6.45, 7) is 3.36. The summed E-state index contributed by atoms with van der Waals surface area (Å²) in [4.78, 5) is 4.80. The Morgan fingerprint density at radius 2 is 2.00 bits per heavy atom. The van der Waals surface area contributed by atoms with Gasteiger partial charge in [0.15, 0.2) is 11.8 Å². The zero-order chi connectivity index (χ0) is 18.0. The summed E-state index contributed by atoms with van der Waals surface area (Å²) in [6, 6.07) is 1.00. The Labute approximate surface area is 159 Å². The third-order valence-electron chi connectivity index (χ3n) is 5.72. The lowest BCUT2D eigenvalue weighted by molar-refractivity contribution is -0.0912. The van der Waals surface area contributed by atoms with Crippen LogP contribution in [-0.2, 0) is 18.3 Å². The number of rotatable bonds is 4. The molecule has 0 amide bonds. The minimum absolute atomic E-state index is 0.0898. The Kier molecular flexibility index (Phi) is 5.40. The van der Waals surface area contributed by atoms with E-state index in [9.17, 15) is 0 Å². The van der Waals surface area contributed by atoms with Crippen molar-refractivity contribution in [2.75, 3.05) is 18.1 Å². The molecule has 1 spiro atoms. The van der Waals surface area contributed by atoms with E-state index < -0.39 is 0 Å². The summed E-state index contributed by atoms with van der Waals surface area (Å²) >= 11 is 2.05. The van der Waals surface area contributed by atoms with Gasteiger partial charge in [-0.1, -0.05) is 0 Å². The number of thioether (sulfide) groups is 1. The molecule has 0 bridgehead atoms. The van der Waals surface area contributed by atoms with E-state index in [0.29, 0.717) is 18.6 Å². The predicted molar refractivity (Wildman–Crippen MR) is 104 cm³/mol. The van der Waals surface area contributed by atoms with Crippen LogP contribution >= 0.6 is 11.8 Å². The van der Waals surface area contributed by atoms with E-state index in [1.165, 1.54) is 37.2 Å². The fraction of sp³-hybridized carbons (Fsp3) is 0.833. The maximum absolute atomic E-state index is 6.22. The molecule has 1 saturated carbocycles.